The third-order valence-electron chi connectivity index (χ3n) is 3.77. The molecule has 1 aromatic rings. The number of rotatable bonds is 5. The summed E-state index contributed by atoms with van der Waals surface area (Å²) in [6.07, 6.45) is 0.546. The maximum atomic E-state index is 12.2. The number of nitrogens with one attached hydrogen (secondary N) is 2. The average Bonchev–Trinajstić information content (AvgIpc) is 3.07. The van der Waals surface area contributed by atoms with Crippen molar-refractivity contribution in [2.75, 3.05) is 18.7 Å². The Balaban J connectivity index is 1.60. The number of carbonyl (C=O) groups is 3. The molecule has 0 unspecified atom stereocenters. The van der Waals surface area contributed by atoms with E-state index in [2.05, 4.69) is 10.6 Å². The Morgan fingerprint density at radius 1 is 1.33 bits per heavy atom. The largest absolute Gasteiger partial charge is 0.454 e. The molecule has 0 saturated carbocycles. The molecule has 4 amide bonds. The summed E-state index contributed by atoms with van der Waals surface area (Å²) in [4.78, 5) is 37.2. The van der Waals surface area contributed by atoms with Crippen LogP contribution in [-0.4, -0.2) is 42.1 Å². The number of hydrogen-bond acceptors (Lipinski definition) is 5. The molecule has 3 rings (SSSR count). The van der Waals surface area contributed by atoms with Crippen LogP contribution < -0.4 is 20.1 Å². The maximum absolute atomic E-state index is 12.2. The van der Waals surface area contributed by atoms with Crippen LogP contribution in [0.4, 0.5) is 10.5 Å². The molecule has 1 fully saturated rings. The minimum Gasteiger partial charge on any atom is -0.454 e. The average molecular weight is 333 g/mol. The molecule has 2 N–H and O–H groups in total. The van der Waals surface area contributed by atoms with Gasteiger partial charge in [0.15, 0.2) is 11.5 Å². The number of benzene rings is 1. The SMILES string of the molecule is CC(C)C[C@@H]1NC(=O)N(CC(=O)Nc2ccc3c(c2)OCO3)C1=O. The van der Waals surface area contributed by atoms with Gasteiger partial charge < -0.3 is 20.1 Å². The summed E-state index contributed by atoms with van der Waals surface area (Å²) in [5.41, 5.74) is 0.509. The van der Waals surface area contributed by atoms with Crippen molar-refractivity contribution in [3.63, 3.8) is 0 Å². The summed E-state index contributed by atoms with van der Waals surface area (Å²) in [6, 6.07) is 3.89. The number of amides is 4. The van der Waals surface area contributed by atoms with E-state index in [0.29, 0.717) is 23.6 Å². The van der Waals surface area contributed by atoms with Gasteiger partial charge in [0.1, 0.15) is 12.6 Å². The molecule has 2 heterocycles. The van der Waals surface area contributed by atoms with Gasteiger partial charge in [-0.2, -0.15) is 0 Å². The molecule has 0 radical (unpaired) electrons. The molecule has 8 heteroatoms. The molecule has 24 heavy (non-hydrogen) atoms. The van der Waals surface area contributed by atoms with Crippen LogP contribution in [0.15, 0.2) is 18.2 Å². The number of hydrogen-bond donors (Lipinski definition) is 2. The Labute approximate surface area is 139 Å². The van der Waals surface area contributed by atoms with E-state index >= 15 is 0 Å². The third kappa shape index (κ3) is 3.27. The molecule has 1 saturated heterocycles. The van der Waals surface area contributed by atoms with Gasteiger partial charge in [-0.15, -0.1) is 0 Å². The molecule has 0 aromatic heterocycles. The Morgan fingerprint density at radius 3 is 2.83 bits per heavy atom. The second kappa shape index (κ2) is 6.38. The standard InChI is InChI=1S/C16H19N3O5/c1-9(2)5-11-15(21)19(16(22)18-11)7-14(20)17-10-3-4-12-13(6-10)24-8-23-12/h3-4,6,9,11H,5,7-8H2,1-2H3,(H,17,20)(H,18,22)/t11-/m0/s1. The Hall–Kier alpha value is -2.77. The van der Waals surface area contributed by atoms with Crippen molar-refractivity contribution in [1.82, 2.24) is 10.2 Å². The monoisotopic (exact) mass is 333 g/mol. The van der Waals surface area contributed by atoms with Crippen molar-refractivity contribution in [3.05, 3.63) is 18.2 Å². The molecule has 128 valence electrons. The predicted octanol–water partition coefficient (Wildman–Crippen LogP) is 1.32. The van der Waals surface area contributed by atoms with Crippen LogP contribution in [0.1, 0.15) is 20.3 Å². The van der Waals surface area contributed by atoms with E-state index < -0.39 is 18.0 Å². The van der Waals surface area contributed by atoms with Crippen molar-refractivity contribution in [2.24, 2.45) is 5.92 Å². The molecular formula is C16H19N3O5. The lowest BCUT2D eigenvalue weighted by Gasteiger charge is -2.14. The van der Waals surface area contributed by atoms with Gasteiger partial charge in [-0.1, -0.05) is 13.8 Å². The highest BCUT2D eigenvalue weighted by Gasteiger charge is 2.39. The summed E-state index contributed by atoms with van der Waals surface area (Å²) in [7, 11) is 0. The fourth-order valence-electron chi connectivity index (χ4n) is 2.68. The zero-order valence-electron chi connectivity index (χ0n) is 13.5. The molecule has 2 aliphatic rings. The van der Waals surface area contributed by atoms with Crippen molar-refractivity contribution in [1.29, 1.82) is 0 Å². The van der Waals surface area contributed by atoms with Gasteiger partial charge >= 0.3 is 6.03 Å². The van der Waals surface area contributed by atoms with Gasteiger partial charge in [0.2, 0.25) is 12.7 Å². The second-order valence-corrected chi connectivity index (χ2v) is 6.17. The molecule has 1 atom stereocenters. The maximum Gasteiger partial charge on any atom is 0.325 e. The van der Waals surface area contributed by atoms with Gasteiger partial charge in [0.05, 0.1) is 0 Å². The topological polar surface area (TPSA) is 97.0 Å². The summed E-state index contributed by atoms with van der Waals surface area (Å²) < 4.78 is 10.4. The first-order valence-electron chi connectivity index (χ1n) is 7.75. The van der Waals surface area contributed by atoms with Crippen molar-refractivity contribution in [2.45, 2.75) is 26.3 Å². The number of anilines is 1. The second-order valence-electron chi connectivity index (χ2n) is 6.17. The first-order valence-corrected chi connectivity index (χ1v) is 7.75. The number of nitrogens with zero attached hydrogens (tertiary/aromatic N) is 1. The highest BCUT2D eigenvalue weighted by Crippen LogP contribution is 2.34. The smallest absolute Gasteiger partial charge is 0.325 e. The van der Waals surface area contributed by atoms with E-state index in [9.17, 15) is 14.4 Å². The van der Waals surface area contributed by atoms with Crippen LogP contribution in [0, 0.1) is 5.92 Å². The Kier molecular flexibility index (Phi) is 4.28. The van der Waals surface area contributed by atoms with Crippen LogP contribution in [-0.2, 0) is 9.59 Å². The number of fused-ring (bicyclic) bond motifs is 1. The molecule has 0 spiro atoms. The van der Waals surface area contributed by atoms with E-state index in [1.165, 1.54) is 0 Å². The third-order valence-corrected chi connectivity index (χ3v) is 3.77. The Morgan fingerprint density at radius 2 is 2.08 bits per heavy atom. The van der Waals surface area contributed by atoms with E-state index in [0.717, 1.165) is 4.90 Å². The normalized spacial score (nSPS) is 19.0. The van der Waals surface area contributed by atoms with Crippen molar-refractivity contribution < 1.29 is 23.9 Å². The van der Waals surface area contributed by atoms with Crippen molar-refractivity contribution >= 4 is 23.5 Å². The van der Waals surface area contributed by atoms with Gasteiger partial charge in [0, 0.05) is 11.8 Å². The number of carbonyl (C=O) groups excluding carboxylic acids is 3. The van der Waals surface area contributed by atoms with Gasteiger partial charge in [0.25, 0.3) is 5.91 Å². The number of urea groups is 1. The predicted molar refractivity (Wildman–Crippen MR) is 84.7 cm³/mol. The highest BCUT2D eigenvalue weighted by molar-refractivity contribution is 6.07. The molecule has 0 aliphatic carbocycles. The minimum absolute atomic E-state index is 0.145. The van der Waals surface area contributed by atoms with E-state index in [1.807, 2.05) is 13.8 Å². The Bertz CT molecular complexity index is 688. The van der Waals surface area contributed by atoms with Crippen LogP contribution >= 0.6 is 0 Å². The zero-order valence-corrected chi connectivity index (χ0v) is 13.5. The van der Waals surface area contributed by atoms with E-state index in [4.69, 9.17) is 9.47 Å². The fraction of sp³-hybridized carbons (Fsp3) is 0.438. The lowest BCUT2D eigenvalue weighted by atomic mass is 10.0. The molecule has 2 aliphatic heterocycles. The highest BCUT2D eigenvalue weighted by atomic mass is 16.7. The van der Waals surface area contributed by atoms with Crippen molar-refractivity contribution in [3.8, 4) is 11.5 Å². The quantitative estimate of drug-likeness (QED) is 0.792. The lowest BCUT2D eigenvalue weighted by Crippen LogP contribution is -2.38. The summed E-state index contributed by atoms with van der Waals surface area (Å²) in [6.45, 7) is 3.75. The van der Waals surface area contributed by atoms with Gasteiger partial charge in [-0.05, 0) is 24.5 Å². The van der Waals surface area contributed by atoms with Crippen LogP contribution in [0.3, 0.4) is 0 Å². The first-order chi connectivity index (χ1) is 11.4. The van der Waals surface area contributed by atoms with E-state index in [1.54, 1.807) is 18.2 Å². The number of imide groups is 1. The fourth-order valence-corrected chi connectivity index (χ4v) is 2.68. The molecule has 1 aromatic carbocycles. The van der Waals surface area contributed by atoms with Crippen LogP contribution in [0.2, 0.25) is 0 Å². The van der Waals surface area contributed by atoms with Gasteiger partial charge in [-0.25, -0.2) is 4.79 Å². The zero-order chi connectivity index (χ0) is 17.3. The van der Waals surface area contributed by atoms with Crippen LogP contribution in [0.5, 0.6) is 11.5 Å². The number of ether oxygens (including phenoxy) is 2. The summed E-state index contributed by atoms with van der Waals surface area (Å²) in [5, 5.41) is 5.26. The summed E-state index contributed by atoms with van der Waals surface area (Å²) in [5.74, 6) is 0.595. The molecular weight excluding hydrogens is 314 g/mol. The minimum atomic E-state index is -0.559. The van der Waals surface area contributed by atoms with E-state index in [-0.39, 0.29) is 25.2 Å². The lowest BCUT2D eigenvalue weighted by molar-refractivity contribution is -0.131. The molecule has 8 nitrogen and oxygen atoms in total. The van der Waals surface area contributed by atoms with Crippen LogP contribution in [0.25, 0.3) is 0 Å². The summed E-state index contributed by atoms with van der Waals surface area (Å²) >= 11 is 0. The first kappa shape index (κ1) is 16.1. The molecule has 0 bridgehead atoms. The van der Waals surface area contributed by atoms with Gasteiger partial charge in [-0.3, -0.25) is 14.5 Å².